The van der Waals surface area contributed by atoms with Gasteiger partial charge in [0.2, 0.25) is 0 Å². The molecule has 5 rings (SSSR count). The number of phenols is 1. The van der Waals surface area contributed by atoms with Crippen LogP contribution in [0.15, 0.2) is 42.2 Å². The molecule has 1 saturated heterocycles. The summed E-state index contributed by atoms with van der Waals surface area (Å²) in [4.78, 5) is 27.9. The van der Waals surface area contributed by atoms with Gasteiger partial charge in [-0.2, -0.15) is 9.61 Å². The van der Waals surface area contributed by atoms with Crippen molar-refractivity contribution < 1.29 is 14.7 Å². The van der Waals surface area contributed by atoms with Gasteiger partial charge >= 0.3 is 6.03 Å². The number of anilines is 1. The van der Waals surface area contributed by atoms with Crippen LogP contribution in [-0.4, -0.2) is 37.7 Å². The Hall–Kier alpha value is -3.88. The zero-order chi connectivity index (χ0) is 19.3. The lowest BCUT2D eigenvalue weighted by atomic mass is 10.1. The number of rotatable bonds is 4. The summed E-state index contributed by atoms with van der Waals surface area (Å²) < 4.78 is 1.67. The predicted molar refractivity (Wildman–Crippen MR) is 101 cm³/mol. The number of carbonyl (C=O) groups is 2. The van der Waals surface area contributed by atoms with Crippen molar-refractivity contribution in [3.8, 4) is 17.0 Å². The number of hydrogen-bond donors (Lipinski definition) is 4. The first-order chi connectivity index (χ1) is 13.6. The Morgan fingerprint density at radius 3 is 2.79 bits per heavy atom. The van der Waals surface area contributed by atoms with Gasteiger partial charge < -0.3 is 15.7 Å². The first kappa shape index (κ1) is 16.3. The minimum Gasteiger partial charge on any atom is -0.508 e. The third-order valence-corrected chi connectivity index (χ3v) is 4.59. The fourth-order valence-electron chi connectivity index (χ4n) is 3.07. The molecule has 0 atom stereocenters. The second-order valence-corrected chi connectivity index (χ2v) is 6.80. The highest BCUT2D eigenvalue weighted by molar-refractivity contribution is 6.14. The summed E-state index contributed by atoms with van der Waals surface area (Å²) in [5, 5.41) is 22.3. The largest absolute Gasteiger partial charge is 0.508 e. The monoisotopic (exact) mass is 376 g/mol. The first-order valence-corrected chi connectivity index (χ1v) is 8.85. The van der Waals surface area contributed by atoms with Crippen LogP contribution in [0.5, 0.6) is 5.75 Å². The summed E-state index contributed by atoms with van der Waals surface area (Å²) in [5.74, 6) is 0.428. The second kappa shape index (κ2) is 6.08. The van der Waals surface area contributed by atoms with Crippen LogP contribution in [0, 0.1) is 0 Å². The maximum atomic E-state index is 11.8. The highest BCUT2D eigenvalue weighted by Crippen LogP contribution is 2.30. The Balaban J connectivity index is 1.66. The number of aromatic nitrogens is 3. The van der Waals surface area contributed by atoms with Crippen molar-refractivity contribution in [1.82, 2.24) is 25.2 Å². The zero-order valence-corrected chi connectivity index (χ0v) is 14.6. The van der Waals surface area contributed by atoms with Crippen LogP contribution >= 0.6 is 0 Å². The smallest absolute Gasteiger partial charge is 0.326 e. The third kappa shape index (κ3) is 2.92. The number of imide groups is 1. The third-order valence-electron chi connectivity index (χ3n) is 4.59. The summed E-state index contributed by atoms with van der Waals surface area (Å²) in [5.41, 5.74) is 2.68. The van der Waals surface area contributed by atoms with E-state index in [4.69, 9.17) is 0 Å². The fraction of sp³-hybridized carbons (Fsp3) is 0.158. The van der Waals surface area contributed by atoms with Crippen molar-refractivity contribution >= 4 is 29.5 Å². The van der Waals surface area contributed by atoms with Gasteiger partial charge in [0.15, 0.2) is 5.65 Å². The number of urea groups is 1. The molecule has 0 spiro atoms. The molecule has 1 aliphatic heterocycles. The van der Waals surface area contributed by atoms with E-state index in [9.17, 15) is 14.7 Å². The summed E-state index contributed by atoms with van der Waals surface area (Å²) in [6.07, 6.45) is 5.32. The maximum absolute atomic E-state index is 11.8. The van der Waals surface area contributed by atoms with Crippen LogP contribution < -0.4 is 16.0 Å². The van der Waals surface area contributed by atoms with Gasteiger partial charge in [0.1, 0.15) is 17.3 Å². The van der Waals surface area contributed by atoms with Gasteiger partial charge in [0.05, 0.1) is 11.9 Å². The van der Waals surface area contributed by atoms with E-state index in [0.717, 1.165) is 24.2 Å². The standard InChI is InChI=1S/C19H16N6O3/c26-13-3-1-2-10(6-13)14-8-16(21-12-4-5-12)25-17(22-14)11(9-20-25)7-15-18(27)24-19(28)23-15/h1-3,6-9,12,21,26H,4-5H2,(H2,23,24,27,28)/b15-7+. The van der Waals surface area contributed by atoms with Crippen molar-refractivity contribution in [3.05, 3.63) is 47.8 Å². The number of nitrogens with zero attached hydrogens (tertiary/aromatic N) is 3. The molecule has 2 aliphatic rings. The molecule has 3 heterocycles. The molecule has 0 radical (unpaired) electrons. The van der Waals surface area contributed by atoms with Crippen LogP contribution in [-0.2, 0) is 4.79 Å². The Labute approximate surface area is 159 Å². The molecule has 140 valence electrons. The lowest BCUT2D eigenvalue weighted by Crippen LogP contribution is -2.22. The number of phenolic OH excluding ortho intramolecular Hbond substituents is 1. The summed E-state index contributed by atoms with van der Waals surface area (Å²) in [6, 6.07) is 8.57. The van der Waals surface area contributed by atoms with E-state index in [1.165, 1.54) is 0 Å². The average molecular weight is 376 g/mol. The highest BCUT2D eigenvalue weighted by Gasteiger charge is 2.25. The van der Waals surface area contributed by atoms with Crippen LogP contribution in [0.3, 0.4) is 0 Å². The number of hydrogen-bond acceptors (Lipinski definition) is 6. The maximum Gasteiger partial charge on any atom is 0.326 e. The normalized spacial score (nSPS) is 17.8. The Bertz CT molecular complexity index is 1160. The van der Waals surface area contributed by atoms with E-state index in [1.54, 1.807) is 35.0 Å². The van der Waals surface area contributed by atoms with Crippen molar-refractivity contribution in [2.75, 3.05) is 5.32 Å². The minimum absolute atomic E-state index is 0.140. The minimum atomic E-state index is -0.558. The molecule has 3 amide bonds. The molecule has 9 nitrogen and oxygen atoms in total. The molecule has 1 aliphatic carbocycles. The second-order valence-electron chi connectivity index (χ2n) is 6.80. The van der Waals surface area contributed by atoms with Crippen LogP contribution in [0.1, 0.15) is 18.4 Å². The molecular weight excluding hydrogens is 360 g/mol. The summed E-state index contributed by atoms with van der Waals surface area (Å²) in [7, 11) is 0. The molecule has 3 aromatic rings. The topological polar surface area (TPSA) is 121 Å². The molecule has 0 bridgehead atoms. The van der Waals surface area contributed by atoms with Crippen LogP contribution in [0.2, 0.25) is 0 Å². The molecule has 4 N–H and O–H groups in total. The van der Waals surface area contributed by atoms with Crippen molar-refractivity contribution in [1.29, 1.82) is 0 Å². The van der Waals surface area contributed by atoms with Gasteiger partial charge in [-0.15, -0.1) is 0 Å². The number of nitrogens with one attached hydrogen (secondary N) is 3. The number of carbonyl (C=O) groups excluding carboxylic acids is 2. The molecule has 1 aromatic carbocycles. The highest BCUT2D eigenvalue weighted by atomic mass is 16.3. The van der Waals surface area contributed by atoms with Gasteiger partial charge in [-0.25, -0.2) is 9.78 Å². The molecule has 2 fully saturated rings. The predicted octanol–water partition coefficient (Wildman–Crippen LogP) is 1.86. The first-order valence-electron chi connectivity index (χ1n) is 8.85. The van der Waals surface area contributed by atoms with Gasteiger partial charge in [-0.3, -0.25) is 10.1 Å². The van der Waals surface area contributed by atoms with E-state index < -0.39 is 11.9 Å². The molecule has 0 unspecified atom stereocenters. The summed E-state index contributed by atoms with van der Waals surface area (Å²) in [6.45, 7) is 0. The fourth-order valence-corrected chi connectivity index (χ4v) is 3.07. The Kier molecular flexibility index (Phi) is 3.54. The molecule has 9 heteroatoms. The zero-order valence-electron chi connectivity index (χ0n) is 14.6. The molecular formula is C19H16N6O3. The van der Waals surface area contributed by atoms with Crippen molar-refractivity contribution in [2.45, 2.75) is 18.9 Å². The van der Waals surface area contributed by atoms with E-state index in [-0.39, 0.29) is 11.4 Å². The Morgan fingerprint density at radius 2 is 2.07 bits per heavy atom. The lowest BCUT2D eigenvalue weighted by molar-refractivity contribution is -0.115. The van der Waals surface area contributed by atoms with E-state index >= 15 is 0 Å². The average Bonchev–Trinajstić information content (AvgIpc) is 3.30. The molecule has 2 aromatic heterocycles. The van der Waals surface area contributed by atoms with Crippen molar-refractivity contribution in [2.24, 2.45) is 0 Å². The van der Waals surface area contributed by atoms with Crippen LogP contribution in [0.4, 0.5) is 10.6 Å². The van der Waals surface area contributed by atoms with Gasteiger partial charge in [0, 0.05) is 23.2 Å². The number of amides is 3. The van der Waals surface area contributed by atoms with E-state index in [0.29, 0.717) is 22.9 Å². The molecule has 28 heavy (non-hydrogen) atoms. The SMILES string of the molecule is O=C1NC(=O)/C(=C\c2cnn3c(NC4CC4)cc(-c4cccc(O)c4)nc23)N1. The number of benzene rings is 1. The molecule has 1 saturated carbocycles. The lowest BCUT2D eigenvalue weighted by Gasteiger charge is -2.10. The quantitative estimate of drug-likeness (QED) is 0.407. The van der Waals surface area contributed by atoms with Gasteiger partial charge in [-0.05, 0) is 31.1 Å². The van der Waals surface area contributed by atoms with Gasteiger partial charge in [0.25, 0.3) is 5.91 Å². The van der Waals surface area contributed by atoms with Gasteiger partial charge in [-0.1, -0.05) is 12.1 Å². The number of fused-ring (bicyclic) bond motifs is 1. The van der Waals surface area contributed by atoms with Crippen LogP contribution in [0.25, 0.3) is 23.0 Å². The summed E-state index contributed by atoms with van der Waals surface area (Å²) >= 11 is 0. The Morgan fingerprint density at radius 1 is 1.21 bits per heavy atom. The van der Waals surface area contributed by atoms with E-state index in [1.807, 2.05) is 12.1 Å². The van der Waals surface area contributed by atoms with Crippen molar-refractivity contribution in [3.63, 3.8) is 0 Å². The number of aromatic hydroxyl groups is 1. The van der Waals surface area contributed by atoms with E-state index in [2.05, 4.69) is 26.0 Å².